The lowest BCUT2D eigenvalue weighted by Crippen LogP contribution is -2.45. The molecule has 0 bridgehead atoms. The molecule has 2 N–H and O–H groups in total. The average molecular weight is 160 g/mol. The van der Waals surface area contributed by atoms with E-state index in [1.807, 2.05) is 12.2 Å². The number of rotatable bonds is 3. The number of aliphatic hydroxyl groups excluding tert-OH is 1. The molecule has 1 aliphatic rings. The van der Waals surface area contributed by atoms with Crippen LogP contribution < -0.4 is 5.43 Å². The number of hydrogen-bond acceptors (Lipinski definition) is 3. The summed E-state index contributed by atoms with van der Waals surface area (Å²) in [7, 11) is 0. The highest BCUT2D eigenvalue weighted by atomic mass is 19.1. The Labute approximate surface area is 65.5 Å². The second-order valence-corrected chi connectivity index (χ2v) is 2.55. The van der Waals surface area contributed by atoms with Gasteiger partial charge in [-0.25, -0.2) is 9.40 Å². The normalized spacial score (nSPS) is 22.0. The van der Waals surface area contributed by atoms with Crippen LogP contribution in [0.4, 0.5) is 4.39 Å². The third-order valence-electron chi connectivity index (χ3n) is 1.53. The lowest BCUT2D eigenvalue weighted by atomic mass is 10.3. The van der Waals surface area contributed by atoms with Crippen molar-refractivity contribution in [2.45, 2.75) is 6.10 Å². The van der Waals surface area contributed by atoms with E-state index >= 15 is 0 Å². The molecule has 4 heteroatoms. The number of aliphatic hydroxyl groups is 1. The minimum absolute atomic E-state index is 0.348. The molecular weight excluding hydrogens is 147 g/mol. The van der Waals surface area contributed by atoms with Gasteiger partial charge in [-0.05, 0) is 0 Å². The van der Waals surface area contributed by atoms with Crippen LogP contribution in [-0.2, 0) is 0 Å². The van der Waals surface area contributed by atoms with Gasteiger partial charge in [0.15, 0.2) is 0 Å². The Balaban J connectivity index is 2.20. The van der Waals surface area contributed by atoms with Crippen LogP contribution in [0, 0.1) is 0 Å². The molecule has 0 aromatic heterocycles. The van der Waals surface area contributed by atoms with Crippen LogP contribution in [0.2, 0.25) is 0 Å². The smallest absolute Gasteiger partial charge is 0.117 e. The maximum absolute atomic E-state index is 11.8. The van der Waals surface area contributed by atoms with Gasteiger partial charge in [-0.15, -0.1) is 0 Å². The summed E-state index contributed by atoms with van der Waals surface area (Å²) in [4.78, 5) is 0. The molecule has 1 aliphatic heterocycles. The van der Waals surface area contributed by atoms with Crippen LogP contribution in [0.15, 0.2) is 12.2 Å². The van der Waals surface area contributed by atoms with E-state index in [-0.39, 0.29) is 0 Å². The predicted octanol–water partition coefficient (Wildman–Crippen LogP) is -0.307. The third-order valence-corrected chi connectivity index (χ3v) is 1.53. The lowest BCUT2D eigenvalue weighted by molar-refractivity contribution is 0.0714. The van der Waals surface area contributed by atoms with Gasteiger partial charge in [0.2, 0.25) is 0 Å². The van der Waals surface area contributed by atoms with E-state index in [4.69, 9.17) is 5.11 Å². The number of β-amino-alcohol motifs (C(OH)–C–C–N with tert-alkyl or cyclic N) is 1. The van der Waals surface area contributed by atoms with Crippen molar-refractivity contribution in [3.05, 3.63) is 12.2 Å². The summed E-state index contributed by atoms with van der Waals surface area (Å²) in [6, 6.07) is 0. The molecule has 1 rings (SSSR count). The van der Waals surface area contributed by atoms with Crippen molar-refractivity contribution in [1.29, 1.82) is 0 Å². The number of hydrazine groups is 1. The van der Waals surface area contributed by atoms with Gasteiger partial charge in [0.1, 0.15) is 6.67 Å². The predicted molar refractivity (Wildman–Crippen MR) is 40.7 cm³/mol. The van der Waals surface area contributed by atoms with Crippen molar-refractivity contribution in [2.24, 2.45) is 0 Å². The highest BCUT2D eigenvalue weighted by Crippen LogP contribution is 1.94. The fourth-order valence-electron chi connectivity index (χ4n) is 0.974. The first-order valence-electron chi connectivity index (χ1n) is 3.70. The van der Waals surface area contributed by atoms with E-state index in [0.717, 1.165) is 13.1 Å². The Morgan fingerprint density at radius 1 is 1.64 bits per heavy atom. The summed E-state index contributed by atoms with van der Waals surface area (Å²) in [5, 5.41) is 10.7. The molecule has 11 heavy (non-hydrogen) atoms. The highest BCUT2D eigenvalue weighted by molar-refractivity contribution is 4.90. The van der Waals surface area contributed by atoms with Crippen molar-refractivity contribution in [3.63, 3.8) is 0 Å². The van der Waals surface area contributed by atoms with Crippen LogP contribution in [0.1, 0.15) is 0 Å². The molecule has 0 radical (unpaired) electrons. The number of hydrogen-bond donors (Lipinski definition) is 2. The van der Waals surface area contributed by atoms with E-state index in [1.54, 1.807) is 5.01 Å². The second kappa shape index (κ2) is 4.43. The van der Waals surface area contributed by atoms with Gasteiger partial charge >= 0.3 is 0 Å². The van der Waals surface area contributed by atoms with Crippen LogP contribution in [0.5, 0.6) is 0 Å². The summed E-state index contributed by atoms with van der Waals surface area (Å²) in [6.45, 7) is 1.17. The van der Waals surface area contributed by atoms with Gasteiger partial charge in [0.05, 0.1) is 6.10 Å². The van der Waals surface area contributed by atoms with Crippen LogP contribution in [0.3, 0.4) is 0 Å². The van der Waals surface area contributed by atoms with Gasteiger partial charge in [-0.3, -0.25) is 5.43 Å². The number of alkyl halides is 1. The van der Waals surface area contributed by atoms with Gasteiger partial charge in [-0.1, -0.05) is 12.2 Å². The molecule has 3 nitrogen and oxygen atoms in total. The van der Waals surface area contributed by atoms with Gasteiger partial charge in [0.25, 0.3) is 0 Å². The Morgan fingerprint density at radius 2 is 2.45 bits per heavy atom. The van der Waals surface area contributed by atoms with Gasteiger partial charge in [-0.2, -0.15) is 0 Å². The minimum Gasteiger partial charge on any atom is -0.389 e. The molecule has 0 saturated carbocycles. The van der Waals surface area contributed by atoms with Crippen molar-refractivity contribution in [2.75, 3.05) is 26.3 Å². The van der Waals surface area contributed by atoms with Crippen molar-refractivity contribution in [1.82, 2.24) is 10.4 Å². The summed E-state index contributed by atoms with van der Waals surface area (Å²) < 4.78 is 11.8. The zero-order valence-electron chi connectivity index (χ0n) is 6.33. The summed E-state index contributed by atoms with van der Waals surface area (Å²) in [6.07, 6.45) is 3.12. The Bertz CT molecular complexity index is 140. The maximum Gasteiger partial charge on any atom is 0.117 e. The first kappa shape index (κ1) is 8.64. The molecule has 1 unspecified atom stereocenters. The van der Waals surface area contributed by atoms with Gasteiger partial charge < -0.3 is 5.11 Å². The molecule has 0 spiro atoms. The molecular formula is C7H13FN2O. The number of nitrogens with zero attached hydrogens (tertiary/aromatic N) is 1. The first-order valence-corrected chi connectivity index (χ1v) is 3.70. The Kier molecular flexibility index (Phi) is 3.48. The molecule has 0 fully saturated rings. The largest absolute Gasteiger partial charge is 0.389 e. The minimum atomic E-state index is -0.867. The molecule has 1 heterocycles. The highest BCUT2D eigenvalue weighted by Gasteiger charge is 2.10. The van der Waals surface area contributed by atoms with E-state index in [0.29, 0.717) is 6.54 Å². The van der Waals surface area contributed by atoms with E-state index in [2.05, 4.69) is 5.43 Å². The monoisotopic (exact) mass is 160 g/mol. The topological polar surface area (TPSA) is 35.5 Å². The second-order valence-electron chi connectivity index (χ2n) is 2.55. The van der Waals surface area contributed by atoms with Gasteiger partial charge in [0, 0.05) is 19.6 Å². The van der Waals surface area contributed by atoms with E-state index < -0.39 is 12.8 Å². The molecule has 0 amide bonds. The lowest BCUT2D eigenvalue weighted by Gasteiger charge is -2.25. The summed E-state index contributed by atoms with van der Waals surface area (Å²) >= 11 is 0. The Hall–Kier alpha value is -0.450. The molecule has 0 aliphatic carbocycles. The molecule has 64 valence electrons. The van der Waals surface area contributed by atoms with Crippen molar-refractivity contribution < 1.29 is 9.50 Å². The zero-order chi connectivity index (χ0) is 8.10. The van der Waals surface area contributed by atoms with Crippen LogP contribution in [-0.4, -0.2) is 42.5 Å². The summed E-state index contributed by atoms with van der Waals surface area (Å²) in [5.74, 6) is 0. The SMILES string of the molecule is OC(CF)CN1CC=CCN1. The molecule has 0 aromatic carbocycles. The zero-order valence-corrected chi connectivity index (χ0v) is 6.33. The maximum atomic E-state index is 11.8. The first-order chi connectivity index (χ1) is 5.33. The van der Waals surface area contributed by atoms with Crippen LogP contribution in [0.25, 0.3) is 0 Å². The van der Waals surface area contributed by atoms with Crippen molar-refractivity contribution >= 4 is 0 Å². The molecule has 0 saturated heterocycles. The fourth-order valence-corrected chi connectivity index (χ4v) is 0.974. The average Bonchev–Trinajstić information content (AvgIpc) is 2.06. The summed E-state index contributed by atoms with van der Waals surface area (Å²) in [5.41, 5.74) is 3.00. The molecule has 1 atom stereocenters. The quantitative estimate of drug-likeness (QED) is 0.556. The Morgan fingerprint density at radius 3 is 3.00 bits per heavy atom. The third kappa shape index (κ3) is 2.96. The number of nitrogens with one attached hydrogen (secondary N) is 1. The molecule has 0 aromatic rings. The van der Waals surface area contributed by atoms with Crippen molar-refractivity contribution in [3.8, 4) is 0 Å². The fraction of sp³-hybridized carbons (Fsp3) is 0.714. The number of halogens is 1. The van der Waals surface area contributed by atoms with E-state index in [9.17, 15) is 4.39 Å². The van der Waals surface area contributed by atoms with Crippen LogP contribution >= 0.6 is 0 Å². The standard InChI is InChI=1S/C7H13FN2O/c8-5-7(11)6-10-4-2-1-3-9-10/h1-2,7,9,11H,3-6H2. The van der Waals surface area contributed by atoms with E-state index in [1.165, 1.54) is 0 Å².